The topological polar surface area (TPSA) is 130 Å². The molecule has 1 heterocycles. The average molecular weight is 362 g/mol. The molecular weight excluding hydrogens is 336 g/mol. The lowest BCUT2D eigenvalue weighted by molar-refractivity contribution is 0.168. The second kappa shape index (κ2) is 10.1. The molecule has 0 saturated heterocycles. The first-order chi connectivity index (χ1) is 12.1. The number of pyridine rings is 1. The standard InChI is InChI=1S/C18H24N4O3.H2O/c1-4-14(12-6-8-13(24-3)9-7-12)20-16-11-10-15(17(19)22-16)21-18(23)25-5-2;/h6-11,14H,4-5H2,1-3H3,(H,21,23)(H3,19,20,22);1H2. The number of ether oxygens (including phenoxy) is 2. The molecule has 0 aliphatic heterocycles. The van der Waals surface area contributed by atoms with E-state index in [0.717, 1.165) is 17.7 Å². The Morgan fingerprint density at radius 3 is 2.42 bits per heavy atom. The van der Waals surface area contributed by atoms with Crippen LogP contribution in [0.2, 0.25) is 0 Å². The number of rotatable bonds is 7. The highest BCUT2D eigenvalue weighted by atomic mass is 16.5. The second-order valence-corrected chi connectivity index (χ2v) is 5.35. The van der Waals surface area contributed by atoms with E-state index in [1.54, 1.807) is 26.2 Å². The Hall–Kier alpha value is -3.00. The lowest BCUT2D eigenvalue weighted by Crippen LogP contribution is -2.16. The number of benzene rings is 1. The minimum absolute atomic E-state index is 0. The van der Waals surface area contributed by atoms with Crippen LogP contribution in [0, 0.1) is 0 Å². The molecule has 1 aromatic heterocycles. The van der Waals surface area contributed by atoms with Gasteiger partial charge in [-0.2, -0.15) is 0 Å². The molecule has 8 heteroatoms. The predicted octanol–water partition coefficient (Wildman–Crippen LogP) is 2.98. The highest BCUT2D eigenvalue weighted by Crippen LogP contribution is 2.26. The van der Waals surface area contributed by atoms with Gasteiger partial charge in [-0.1, -0.05) is 19.1 Å². The summed E-state index contributed by atoms with van der Waals surface area (Å²) in [5.74, 6) is 1.67. The van der Waals surface area contributed by atoms with Crippen LogP contribution in [0.3, 0.4) is 0 Å². The van der Waals surface area contributed by atoms with Gasteiger partial charge >= 0.3 is 6.09 Å². The van der Waals surface area contributed by atoms with Crippen LogP contribution in [0.15, 0.2) is 36.4 Å². The van der Waals surface area contributed by atoms with Crippen LogP contribution >= 0.6 is 0 Å². The molecule has 0 aliphatic carbocycles. The third kappa shape index (κ3) is 5.52. The molecule has 0 bridgehead atoms. The largest absolute Gasteiger partial charge is 0.497 e. The summed E-state index contributed by atoms with van der Waals surface area (Å²) in [6, 6.07) is 11.4. The van der Waals surface area contributed by atoms with Crippen molar-refractivity contribution in [2.75, 3.05) is 30.1 Å². The van der Waals surface area contributed by atoms with Crippen LogP contribution in [0.5, 0.6) is 5.75 Å². The van der Waals surface area contributed by atoms with E-state index in [1.807, 2.05) is 24.3 Å². The number of methoxy groups -OCH3 is 1. The molecule has 0 radical (unpaired) electrons. The maximum atomic E-state index is 11.5. The molecule has 0 spiro atoms. The molecule has 1 aromatic carbocycles. The number of nitrogens with zero attached hydrogens (tertiary/aromatic N) is 1. The zero-order chi connectivity index (χ0) is 18.2. The number of nitrogens with two attached hydrogens (primary N) is 1. The summed E-state index contributed by atoms with van der Waals surface area (Å²) in [6.45, 7) is 4.11. The Balaban J connectivity index is 0.00000338. The molecular formula is C18H26N4O4. The van der Waals surface area contributed by atoms with E-state index in [-0.39, 0.29) is 17.3 Å². The minimum Gasteiger partial charge on any atom is -0.497 e. The summed E-state index contributed by atoms with van der Waals surface area (Å²) in [5, 5.41) is 5.91. The normalized spacial score (nSPS) is 11.0. The lowest BCUT2D eigenvalue weighted by atomic mass is 10.0. The van der Waals surface area contributed by atoms with Gasteiger partial charge in [0.15, 0.2) is 0 Å². The molecule has 1 unspecified atom stereocenters. The molecule has 0 saturated carbocycles. The van der Waals surface area contributed by atoms with E-state index >= 15 is 0 Å². The summed E-state index contributed by atoms with van der Waals surface area (Å²) in [6.07, 6.45) is 0.317. The highest BCUT2D eigenvalue weighted by molar-refractivity contribution is 5.88. The first-order valence-electron chi connectivity index (χ1n) is 8.18. The SMILES string of the molecule is CCOC(=O)Nc1ccc(NC(CC)c2ccc(OC)cc2)nc1N.O. The van der Waals surface area contributed by atoms with Crippen molar-refractivity contribution in [2.45, 2.75) is 26.3 Å². The Labute approximate surface area is 153 Å². The van der Waals surface area contributed by atoms with Gasteiger partial charge in [-0.3, -0.25) is 5.32 Å². The van der Waals surface area contributed by atoms with Gasteiger partial charge in [0.25, 0.3) is 0 Å². The van der Waals surface area contributed by atoms with Gasteiger partial charge in [0.2, 0.25) is 0 Å². The average Bonchev–Trinajstić information content (AvgIpc) is 2.62. The molecule has 1 atom stereocenters. The highest BCUT2D eigenvalue weighted by Gasteiger charge is 2.12. The summed E-state index contributed by atoms with van der Waals surface area (Å²) >= 11 is 0. The van der Waals surface area contributed by atoms with Gasteiger partial charge in [0.1, 0.15) is 17.4 Å². The molecule has 2 rings (SSSR count). The molecule has 1 amide bonds. The molecule has 26 heavy (non-hydrogen) atoms. The van der Waals surface area contributed by atoms with Gasteiger partial charge in [0, 0.05) is 0 Å². The van der Waals surface area contributed by atoms with Crippen LogP contribution in [0.4, 0.5) is 22.1 Å². The smallest absolute Gasteiger partial charge is 0.411 e. The number of carbonyl (C=O) groups excluding carboxylic acids is 1. The van der Waals surface area contributed by atoms with Crippen molar-refractivity contribution >= 4 is 23.4 Å². The number of hydrogen-bond donors (Lipinski definition) is 3. The van der Waals surface area contributed by atoms with Crippen molar-refractivity contribution in [3.63, 3.8) is 0 Å². The Kier molecular flexibility index (Phi) is 8.17. The van der Waals surface area contributed by atoms with Crippen LogP contribution in [-0.2, 0) is 4.74 Å². The van der Waals surface area contributed by atoms with Crippen LogP contribution in [0.25, 0.3) is 0 Å². The van der Waals surface area contributed by atoms with E-state index in [4.69, 9.17) is 15.2 Å². The van der Waals surface area contributed by atoms with E-state index in [1.165, 1.54) is 0 Å². The van der Waals surface area contributed by atoms with E-state index in [0.29, 0.717) is 18.1 Å². The van der Waals surface area contributed by atoms with E-state index in [2.05, 4.69) is 22.5 Å². The summed E-state index contributed by atoms with van der Waals surface area (Å²) in [7, 11) is 1.64. The van der Waals surface area contributed by atoms with Gasteiger partial charge < -0.3 is 26.0 Å². The Morgan fingerprint density at radius 1 is 1.19 bits per heavy atom. The van der Waals surface area contributed by atoms with Gasteiger partial charge in [0.05, 0.1) is 25.4 Å². The van der Waals surface area contributed by atoms with Gasteiger partial charge in [-0.25, -0.2) is 9.78 Å². The first kappa shape index (κ1) is 21.0. The maximum absolute atomic E-state index is 11.5. The summed E-state index contributed by atoms with van der Waals surface area (Å²) in [4.78, 5) is 15.8. The molecule has 8 nitrogen and oxygen atoms in total. The zero-order valence-corrected chi connectivity index (χ0v) is 15.2. The predicted molar refractivity (Wildman–Crippen MR) is 103 cm³/mol. The summed E-state index contributed by atoms with van der Waals surface area (Å²) < 4.78 is 10.0. The minimum atomic E-state index is -0.554. The Morgan fingerprint density at radius 2 is 1.88 bits per heavy atom. The fourth-order valence-corrected chi connectivity index (χ4v) is 2.37. The number of aromatic nitrogens is 1. The van der Waals surface area contributed by atoms with Crippen LogP contribution in [0.1, 0.15) is 31.9 Å². The fourth-order valence-electron chi connectivity index (χ4n) is 2.37. The second-order valence-electron chi connectivity index (χ2n) is 5.35. The van der Waals surface area contributed by atoms with Crippen molar-refractivity contribution in [3.05, 3.63) is 42.0 Å². The van der Waals surface area contributed by atoms with Gasteiger partial charge in [-0.05, 0) is 43.2 Å². The van der Waals surface area contributed by atoms with Gasteiger partial charge in [-0.15, -0.1) is 0 Å². The molecule has 0 aliphatic rings. The first-order valence-corrected chi connectivity index (χ1v) is 8.18. The monoisotopic (exact) mass is 362 g/mol. The maximum Gasteiger partial charge on any atom is 0.411 e. The molecule has 0 fully saturated rings. The van der Waals surface area contributed by atoms with Crippen molar-refractivity contribution < 1.29 is 19.7 Å². The number of anilines is 3. The Bertz CT molecular complexity index is 707. The third-order valence-corrected chi connectivity index (χ3v) is 3.69. The van der Waals surface area contributed by atoms with Crippen molar-refractivity contribution in [3.8, 4) is 5.75 Å². The third-order valence-electron chi connectivity index (χ3n) is 3.69. The quantitative estimate of drug-likeness (QED) is 0.694. The number of carbonyl (C=O) groups is 1. The molecule has 142 valence electrons. The number of nitrogens with one attached hydrogen (secondary N) is 2. The molecule has 2 aromatic rings. The fraction of sp³-hybridized carbons (Fsp3) is 0.333. The van der Waals surface area contributed by atoms with E-state index < -0.39 is 6.09 Å². The van der Waals surface area contributed by atoms with Crippen LogP contribution < -0.4 is 21.1 Å². The number of amides is 1. The summed E-state index contributed by atoms with van der Waals surface area (Å²) in [5.41, 5.74) is 7.46. The number of nitrogen functional groups attached to an aromatic ring is 1. The van der Waals surface area contributed by atoms with Crippen molar-refractivity contribution in [1.82, 2.24) is 4.98 Å². The zero-order valence-electron chi connectivity index (χ0n) is 15.2. The molecule has 6 N–H and O–H groups in total. The van der Waals surface area contributed by atoms with Crippen molar-refractivity contribution in [1.29, 1.82) is 0 Å². The van der Waals surface area contributed by atoms with Crippen molar-refractivity contribution in [2.24, 2.45) is 0 Å². The van der Waals surface area contributed by atoms with Crippen LogP contribution in [-0.4, -0.2) is 30.3 Å². The number of hydrogen-bond acceptors (Lipinski definition) is 6. The lowest BCUT2D eigenvalue weighted by Gasteiger charge is -2.19. The van der Waals surface area contributed by atoms with E-state index in [9.17, 15) is 4.79 Å².